The fourth-order valence-corrected chi connectivity index (χ4v) is 11.6. The average molecular weight is 1270 g/mol. The fourth-order valence-electron chi connectivity index (χ4n) is 11.6. The van der Waals surface area contributed by atoms with E-state index in [-0.39, 0.29) is 101 Å². The minimum absolute atomic E-state index is 0. The van der Waals surface area contributed by atoms with Crippen LogP contribution >= 0.6 is 0 Å². The zero-order valence-electron chi connectivity index (χ0n) is 65.2. The molecule has 0 saturated heterocycles. The number of carboxylic acid groups (broad SMARTS) is 1. The first-order chi connectivity index (χ1) is 45.8. The van der Waals surface area contributed by atoms with Crippen molar-refractivity contribution in [2.24, 2.45) is 63.6 Å². The van der Waals surface area contributed by atoms with Crippen LogP contribution in [0.5, 0.6) is 0 Å². The topological polar surface area (TPSA) is 250 Å². The van der Waals surface area contributed by atoms with Gasteiger partial charge in [-0.2, -0.15) is 0 Å². The number of ether oxygens (including phenoxy) is 5. The Morgan fingerprint density at radius 3 is 1.32 bits per heavy atom. The average Bonchev–Trinajstić information content (AvgIpc) is 1.61. The van der Waals surface area contributed by atoms with Crippen molar-refractivity contribution >= 4 is 35.8 Å². The predicted octanol–water partition coefficient (Wildman–Crippen LogP) is 15.4. The summed E-state index contributed by atoms with van der Waals surface area (Å²) in [5, 5.41) is 46.5. The number of aliphatic carboxylic acids is 1. The molecule has 8 aliphatic carbocycles. The van der Waals surface area contributed by atoms with Crippen LogP contribution in [0.3, 0.4) is 0 Å². The summed E-state index contributed by atoms with van der Waals surface area (Å²) >= 11 is 0. The highest BCUT2D eigenvalue weighted by atomic mass is 16.6. The molecule has 0 amide bonds. The number of carbonyl (C=O) groups is 6. The first-order valence-electron chi connectivity index (χ1n) is 37.2. The lowest BCUT2D eigenvalue weighted by Crippen LogP contribution is -2.33. The third-order valence-corrected chi connectivity index (χ3v) is 16.6. The molecule has 516 valence electrons. The van der Waals surface area contributed by atoms with Crippen molar-refractivity contribution in [2.75, 3.05) is 0 Å². The van der Waals surface area contributed by atoms with Gasteiger partial charge in [0.25, 0.3) is 0 Å². The molecule has 8 aliphatic rings. The lowest BCUT2D eigenvalue weighted by molar-refractivity contribution is -0.160. The van der Waals surface area contributed by atoms with Crippen molar-refractivity contribution in [3.05, 3.63) is 86.6 Å². The minimum atomic E-state index is -0.925. The molecular weight excluding hydrogens is 1120 g/mol. The van der Waals surface area contributed by atoms with E-state index in [1.165, 1.54) is 39.5 Å². The van der Waals surface area contributed by atoms with Gasteiger partial charge in [-0.05, 0) is 197 Å². The number of hydrogen-bond acceptors (Lipinski definition) is 15. The van der Waals surface area contributed by atoms with Crippen LogP contribution in [0.2, 0.25) is 0 Å². The van der Waals surface area contributed by atoms with Gasteiger partial charge in [0.15, 0.2) is 0 Å². The van der Waals surface area contributed by atoms with Gasteiger partial charge >= 0.3 is 35.8 Å². The Bertz CT molecular complexity index is 2330. The normalized spacial score (nSPS) is 30.1. The van der Waals surface area contributed by atoms with E-state index in [0.717, 1.165) is 87.9 Å². The molecule has 8 rings (SSSR count). The number of carboxylic acids is 1. The number of allylic oxidation sites excluding steroid dienone is 3. The van der Waals surface area contributed by atoms with Crippen LogP contribution in [0.1, 0.15) is 232 Å². The Kier molecular flexibility index (Phi) is 32.6. The summed E-state index contributed by atoms with van der Waals surface area (Å²) in [6.07, 6.45) is 35.3. The van der Waals surface area contributed by atoms with Crippen molar-refractivity contribution in [3.8, 4) is 0 Å². The van der Waals surface area contributed by atoms with Crippen molar-refractivity contribution in [1.82, 2.24) is 0 Å². The lowest BCUT2D eigenvalue weighted by Gasteiger charge is -2.28. The molecule has 4 saturated carbocycles. The summed E-state index contributed by atoms with van der Waals surface area (Å²) < 4.78 is 85.9. The number of unbranched alkanes of at least 4 members (excludes halogenated alkanes) is 3. The van der Waals surface area contributed by atoms with Crippen LogP contribution in [-0.4, -0.2) is 116 Å². The highest BCUT2D eigenvalue weighted by Crippen LogP contribution is 2.58. The standard InChI is InChI=1S/C19H30O4.C12H18O4.C11H18O.C10H16O3.C10H16O.C7H10O3.3CH4.6H2/c1-5-6-7-8-13-14-9-12(14)10-16(13)23-17(20)11-15(18(21)22)19(2,3)4;1-8(13)15-9-5-6-10(7-9)16-11(14)12(2,3)4;1-2-3-4-5-9-10-6-8(10)7-11(9)12;1-10(2,3)9(12)13-8-5-4-7(11)6-8;1-2-3-4-6-9-7-5-8-10(9)11;1-5(8)10-7-3-2-6(9)4-7;;;;;;;;;/h5,12-16H,1,6-11H2,2-4H3,(H,21,22);5-6,9-10H,7H2,1-4H3;2,8-12H,1,3-7H2;4-5,7-8,11H,6H2,1-3H3;2,5,7,9-11H,1,3-4,6,8H2;2-3,6-7,9H,4H2,1H3;3*1H4;6*1H/t12-,13+,14-,15+,16+;9-,10+;8-,9+,10-,11+;7-,8+;9-,10-;6-,7+;;;;;;;;;/m000011........./s1/i;;;;;;;;;6*1+1D. The zero-order valence-corrected chi connectivity index (χ0v) is 53.2. The Labute approximate surface area is 549 Å². The number of carbonyl (C=O) groups excluding carboxylic acids is 5. The van der Waals surface area contributed by atoms with Gasteiger partial charge in [0.05, 0.1) is 47.6 Å². The highest BCUT2D eigenvalue weighted by molar-refractivity contribution is 5.79. The van der Waals surface area contributed by atoms with Gasteiger partial charge in [-0.15, -0.1) is 19.7 Å². The molecule has 0 heterocycles. The Hall–Kier alpha value is -5.16. The molecule has 0 aliphatic heterocycles. The lowest BCUT2D eigenvalue weighted by atomic mass is 9.79. The quantitative estimate of drug-likeness (QED) is 0.0329. The number of rotatable bonds is 20. The maximum absolute atomic E-state index is 12.3. The van der Waals surface area contributed by atoms with Gasteiger partial charge < -0.3 is 49.2 Å². The molecule has 0 spiro atoms. The molecule has 0 radical (unpaired) electrons. The summed E-state index contributed by atoms with van der Waals surface area (Å²) in [5.41, 5.74) is -1.43. The SMILES string of the molecule is C.C.C.C=CCCC[C@@H]1C=CC[C@H]1O.C=CCCC[C@@H]1[C@H]2C[C@H]2C[C@H]1O.C=CCCC[C@@H]1[C@H]2C[C@H]2C[C@H]1OC(=O)C[C@H](C(=O)O)C(C)(C)C.CC(=O)O[C@H]1C=C[C@@H](O)C1.CC(=O)O[C@H]1C=C[C@@H](OC(=O)C(C)(C)C)C1.CC(C)(C)C(=O)O[C@@H]1C=C[C@H](O)C1.[2H][2H].[2H][2H].[2H][2H].[2H][2H].[2H][2H].[2H][2H]. The third-order valence-electron chi connectivity index (χ3n) is 16.6. The number of fused-ring (bicyclic) bond motifs is 2. The van der Waals surface area contributed by atoms with Gasteiger partial charge in [-0.25, -0.2) is 0 Å². The first kappa shape index (κ1) is 71.9. The highest BCUT2D eigenvalue weighted by Gasteiger charge is 2.55. The van der Waals surface area contributed by atoms with E-state index in [9.17, 15) is 44.1 Å². The van der Waals surface area contributed by atoms with Crippen LogP contribution in [0.15, 0.2) is 86.6 Å². The molecule has 88 heavy (non-hydrogen) atoms. The Balaban J connectivity index is -0.000000204. The van der Waals surface area contributed by atoms with Gasteiger partial charge in [0.1, 0.15) is 30.5 Å². The first-order valence-corrected chi connectivity index (χ1v) is 31.2. The Morgan fingerprint density at radius 1 is 0.534 bits per heavy atom. The molecular formula is C72H132O16. The summed E-state index contributed by atoms with van der Waals surface area (Å²) in [4.78, 5) is 67.7. The van der Waals surface area contributed by atoms with Gasteiger partial charge in [-0.1, -0.05) is 85.6 Å². The number of aliphatic hydroxyl groups is 4. The number of hydrogen-bond donors (Lipinski definition) is 5. The van der Waals surface area contributed by atoms with Crippen molar-refractivity contribution in [3.63, 3.8) is 0 Å². The minimum Gasteiger partial charge on any atom is -0.481 e. The van der Waals surface area contributed by atoms with E-state index in [2.05, 4.69) is 31.9 Å². The maximum Gasteiger partial charge on any atom is 0.311 e. The van der Waals surface area contributed by atoms with E-state index < -0.39 is 40.3 Å². The van der Waals surface area contributed by atoms with Crippen LogP contribution in [0.25, 0.3) is 0 Å². The fraction of sp³-hybridized carbons (Fsp3) is 0.722. The smallest absolute Gasteiger partial charge is 0.311 e. The molecule has 0 aromatic heterocycles. The molecule has 16 heteroatoms. The van der Waals surface area contributed by atoms with E-state index in [1.807, 2.05) is 59.8 Å². The summed E-state index contributed by atoms with van der Waals surface area (Å²) in [6, 6.07) is 0. The molecule has 5 N–H and O–H groups in total. The number of aliphatic hydroxyl groups excluding tert-OH is 4. The molecule has 17 atom stereocenters. The van der Waals surface area contributed by atoms with Crippen LogP contribution in [-0.2, 0) is 52.5 Å². The van der Waals surface area contributed by atoms with Gasteiger partial charge in [-0.3, -0.25) is 28.8 Å². The molecule has 0 aromatic rings. The van der Waals surface area contributed by atoms with E-state index >= 15 is 0 Å². The third kappa shape index (κ3) is 31.0. The van der Waals surface area contributed by atoms with E-state index in [0.29, 0.717) is 37.0 Å². The summed E-state index contributed by atoms with van der Waals surface area (Å²) in [5.74, 6) is 1.66. The van der Waals surface area contributed by atoms with E-state index in [1.54, 1.807) is 57.2 Å². The monoisotopic (exact) mass is 1270 g/mol. The van der Waals surface area contributed by atoms with Gasteiger partial charge in [0.2, 0.25) is 0 Å². The van der Waals surface area contributed by atoms with Crippen LogP contribution in [0, 0.1) is 63.6 Å². The van der Waals surface area contributed by atoms with Crippen molar-refractivity contribution in [2.45, 2.75) is 269 Å². The molecule has 16 nitrogen and oxygen atoms in total. The zero-order chi connectivity index (χ0) is 75.8. The van der Waals surface area contributed by atoms with Crippen LogP contribution in [0.4, 0.5) is 0 Å². The Morgan fingerprint density at radius 2 is 0.943 bits per heavy atom. The van der Waals surface area contributed by atoms with Crippen molar-refractivity contribution in [1.29, 1.82) is 0 Å². The molecule has 0 aromatic carbocycles. The summed E-state index contributed by atoms with van der Waals surface area (Å²) in [7, 11) is 0. The second-order valence-electron chi connectivity index (χ2n) is 27.4. The second kappa shape index (κ2) is 39.9. The van der Waals surface area contributed by atoms with Gasteiger partial charge in [0, 0.05) is 56.8 Å². The molecule has 4 fully saturated rings. The van der Waals surface area contributed by atoms with Crippen LogP contribution < -0.4 is 0 Å². The maximum atomic E-state index is 12.3. The molecule has 0 unspecified atom stereocenters. The van der Waals surface area contributed by atoms with E-state index in [4.69, 9.17) is 51.7 Å². The molecule has 0 bridgehead atoms. The summed E-state index contributed by atoms with van der Waals surface area (Å²) in [6.45, 7) is 30.2. The number of esters is 5. The van der Waals surface area contributed by atoms with Crippen molar-refractivity contribution < 1.29 is 95.8 Å². The largest absolute Gasteiger partial charge is 0.481 e. The second-order valence-corrected chi connectivity index (χ2v) is 27.4. The predicted molar refractivity (Wildman–Crippen MR) is 362 cm³/mol.